The third-order valence-corrected chi connectivity index (χ3v) is 3.75. The van der Waals surface area contributed by atoms with Gasteiger partial charge in [-0.2, -0.15) is 0 Å². The third kappa shape index (κ3) is 5.59. The van der Waals surface area contributed by atoms with Gasteiger partial charge in [-0.05, 0) is 58.4 Å². The minimum absolute atomic E-state index is 0. The maximum atomic E-state index is 12.4. The molecule has 23 heavy (non-hydrogen) atoms. The Morgan fingerprint density at radius 1 is 1.35 bits per heavy atom. The van der Waals surface area contributed by atoms with Gasteiger partial charge < -0.3 is 20.1 Å². The maximum absolute atomic E-state index is 12.4. The van der Waals surface area contributed by atoms with E-state index >= 15 is 0 Å². The van der Waals surface area contributed by atoms with E-state index < -0.39 is 0 Å². The van der Waals surface area contributed by atoms with Crippen molar-refractivity contribution in [3.63, 3.8) is 0 Å². The second-order valence-corrected chi connectivity index (χ2v) is 6.08. The van der Waals surface area contributed by atoms with Gasteiger partial charge in [0.25, 0.3) is 5.91 Å². The van der Waals surface area contributed by atoms with Gasteiger partial charge in [0, 0.05) is 17.6 Å². The lowest BCUT2D eigenvalue weighted by Gasteiger charge is -2.28. The average molecular weight is 343 g/mol. The van der Waals surface area contributed by atoms with Crippen molar-refractivity contribution in [1.29, 1.82) is 0 Å². The number of methoxy groups -OCH3 is 1. The topological polar surface area (TPSA) is 59.6 Å². The van der Waals surface area contributed by atoms with Crippen molar-refractivity contribution in [1.82, 2.24) is 10.6 Å². The minimum Gasteiger partial charge on any atom is -0.493 e. The Labute approximate surface area is 144 Å². The molecule has 1 aromatic carbocycles. The van der Waals surface area contributed by atoms with Crippen LogP contribution in [0.25, 0.3) is 0 Å². The van der Waals surface area contributed by atoms with Crippen LogP contribution in [0, 0.1) is 0 Å². The van der Waals surface area contributed by atoms with Gasteiger partial charge in [-0.1, -0.05) is 0 Å². The van der Waals surface area contributed by atoms with E-state index in [1.807, 2.05) is 13.8 Å². The molecule has 1 saturated heterocycles. The number of piperidine rings is 1. The lowest BCUT2D eigenvalue weighted by molar-refractivity contribution is 0.0925. The second-order valence-electron chi connectivity index (χ2n) is 6.08. The summed E-state index contributed by atoms with van der Waals surface area (Å²) in [5, 5.41) is 6.48. The molecule has 2 unspecified atom stereocenters. The Bertz CT molecular complexity index is 523. The summed E-state index contributed by atoms with van der Waals surface area (Å²) in [5.41, 5.74) is 0.596. The summed E-state index contributed by atoms with van der Waals surface area (Å²) >= 11 is 0. The van der Waals surface area contributed by atoms with Crippen LogP contribution in [0.3, 0.4) is 0 Å². The number of rotatable bonds is 5. The van der Waals surface area contributed by atoms with Crippen LogP contribution in [0.1, 0.15) is 44.0 Å². The predicted octanol–water partition coefficient (Wildman–Crippen LogP) is 2.77. The Balaban J connectivity index is 0.00000264. The van der Waals surface area contributed by atoms with Crippen LogP contribution in [0.5, 0.6) is 11.5 Å². The zero-order valence-electron chi connectivity index (χ0n) is 14.2. The number of halogens is 1. The van der Waals surface area contributed by atoms with Gasteiger partial charge in [-0.3, -0.25) is 4.79 Å². The van der Waals surface area contributed by atoms with Gasteiger partial charge in [0.05, 0.1) is 13.2 Å². The SMILES string of the molecule is COc1cc(C(=O)NC2CCNC(C)C2)ccc1OC(C)C.Cl. The summed E-state index contributed by atoms with van der Waals surface area (Å²) in [4.78, 5) is 12.4. The fourth-order valence-corrected chi connectivity index (χ4v) is 2.69. The molecule has 0 spiro atoms. The van der Waals surface area contributed by atoms with Crippen LogP contribution in [0.4, 0.5) is 0 Å². The summed E-state index contributed by atoms with van der Waals surface area (Å²) in [6.45, 7) is 6.99. The molecule has 1 amide bonds. The summed E-state index contributed by atoms with van der Waals surface area (Å²) in [6, 6.07) is 5.97. The molecule has 5 nitrogen and oxygen atoms in total. The van der Waals surface area contributed by atoms with Crippen LogP contribution < -0.4 is 20.1 Å². The number of amides is 1. The minimum atomic E-state index is -0.0616. The first-order valence-corrected chi connectivity index (χ1v) is 7.88. The largest absolute Gasteiger partial charge is 0.493 e. The lowest BCUT2D eigenvalue weighted by atomic mass is 10.0. The van der Waals surface area contributed by atoms with Crippen molar-refractivity contribution in [2.75, 3.05) is 13.7 Å². The summed E-state index contributed by atoms with van der Waals surface area (Å²) in [6.07, 6.45) is 1.98. The van der Waals surface area contributed by atoms with E-state index in [2.05, 4.69) is 17.6 Å². The van der Waals surface area contributed by atoms with Gasteiger partial charge in [-0.15, -0.1) is 12.4 Å². The fraction of sp³-hybridized carbons (Fsp3) is 0.588. The van der Waals surface area contributed by atoms with Gasteiger partial charge in [0.15, 0.2) is 11.5 Å². The van der Waals surface area contributed by atoms with E-state index in [1.54, 1.807) is 25.3 Å². The molecule has 130 valence electrons. The zero-order chi connectivity index (χ0) is 16.1. The second kappa shape index (κ2) is 8.99. The number of hydrogen-bond donors (Lipinski definition) is 2. The molecular formula is C17H27ClN2O3. The average Bonchev–Trinajstić information content (AvgIpc) is 2.47. The molecule has 0 aliphatic carbocycles. The highest BCUT2D eigenvalue weighted by Gasteiger charge is 2.21. The summed E-state index contributed by atoms with van der Waals surface area (Å²) in [7, 11) is 1.58. The lowest BCUT2D eigenvalue weighted by Crippen LogP contribution is -2.46. The quantitative estimate of drug-likeness (QED) is 0.863. The van der Waals surface area contributed by atoms with Gasteiger partial charge in [0.2, 0.25) is 0 Å². The molecule has 6 heteroatoms. The molecule has 0 saturated carbocycles. The molecule has 2 rings (SSSR count). The highest BCUT2D eigenvalue weighted by atomic mass is 35.5. The molecular weight excluding hydrogens is 316 g/mol. The summed E-state index contributed by atoms with van der Waals surface area (Å²) in [5.74, 6) is 1.18. The molecule has 0 radical (unpaired) electrons. The first-order valence-electron chi connectivity index (χ1n) is 7.88. The van der Waals surface area contributed by atoms with Gasteiger partial charge in [-0.25, -0.2) is 0 Å². The van der Waals surface area contributed by atoms with Crippen molar-refractivity contribution in [2.24, 2.45) is 0 Å². The molecule has 0 aromatic heterocycles. The first kappa shape index (κ1) is 19.6. The Kier molecular flexibility index (Phi) is 7.65. The fourth-order valence-electron chi connectivity index (χ4n) is 2.69. The number of nitrogens with one attached hydrogen (secondary N) is 2. The number of carbonyl (C=O) groups is 1. The number of benzene rings is 1. The number of ether oxygens (including phenoxy) is 2. The van der Waals surface area contributed by atoms with Crippen molar-refractivity contribution in [3.05, 3.63) is 23.8 Å². The van der Waals surface area contributed by atoms with Crippen LogP contribution in [-0.2, 0) is 0 Å². The van der Waals surface area contributed by atoms with Crippen molar-refractivity contribution in [2.45, 2.75) is 51.8 Å². The zero-order valence-corrected chi connectivity index (χ0v) is 15.0. The Morgan fingerprint density at radius 3 is 2.70 bits per heavy atom. The number of carbonyl (C=O) groups excluding carboxylic acids is 1. The van der Waals surface area contributed by atoms with Crippen LogP contribution >= 0.6 is 12.4 Å². The molecule has 0 bridgehead atoms. The smallest absolute Gasteiger partial charge is 0.251 e. The van der Waals surface area contributed by atoms with Crippen LogP contribution in [-0.4, -0.2) is 37.7 Å². The predicted molar refractivity (Wildman–Crippen MR) is 94.0 cm³/mol. The summed E-state index contributed by atoms with van der Waals surface area (Å²) < 4.78 is 11.0. The molecule has 2 N–H and O–H groups in total. The third-order valence-electron chi connectivity index (χ3n) is 3.75. The molecule has 1 aliphatic rings. The molecule has 1 aliphatic heterocycles. The van der Waals surface area contributed by atoms with Crippen molar-refractivity contribution < 1.29 is 14.3 Å². The highest BCUT2D eigenvalue weighted by molar-refractivity contribution is 5.95. The van der Waals surface area contributed by atoms with E-state index in [9.17, 15) is 4.79 Å². The Morgan fingerprint density at radius 2 is 2.09 bits per heavy atom. The number of hydrogen-bond acceptors (Lipinski definition) is 4. The molecule has 2 atom stereocenters. The molecule has 1 heterocycles. The van der Waals surface area contributed by atoms with Gasteiger partial charge >= 0.3 is 0 Å². The van der Waals surface area contributed by atoms with Crippen LogP contribution in [0.2, 0.25) is 0 Å². The van der Waals surface area contributed by atoms with Crippen molar-refractivity contribution >= 4 is 18.3 Å². The molecule has 1 aromatic rings. The molecule has 1 fully saturated rings. The highest BCUT2D eigenvalue weighted by Crippen LogP contribution is 2.29. The van der Waals surface area contributed by atoms with Gasteiger partial charge in [0.1, 0.15) is 0 Å². The van der Waals surface area contributed by atoms with E-state index in [-0.39, 0.29) is 30.5 Å². The standard InChI is InChI=1S/C17H26N2O3.ClH/c1-11(2)22-15-6-5-13(10-16(15)21-4)17(20)19-14-7-8-18-12(3)9-14;/h5-6,10-12,14,18H,7-9H2,1-4H3,(H,19,20);1H. The first-order chi connectivity index (χ1) is 10.5. The van der Waals surface area contributed by atoms with E-state index in [1.165, 1.54) is 0 Å². The maximum Gasteiger partial charge on any atom is 0.251 e. The van der Waals surface area contributed by atoms with Crippen LogP contribution in [0.15, 0.2) is 18.2 Å². The van der Waals surface area contributed by atoms with E-state index in [0.717, 1.165) is 19.4 Å². The van der Waals surface area contributed by atoms with E-state index in [4.69, 9.17) is 9.47 Å². The Hall–Kier alpha value is -1.46. The van der Waals surface area contributed by atoms with Crippen molar-refractivity contribution in [3.8, 4) is 11.5 Å². The van der Waals surface area contributed by atoms with E-state index in [0.29, 0.717) is 23.1 Å². The normalized spacial score (nSPS) is 20.6. The monoisotopic (exact) mass is 342 g/mol.